The predicted octanol–water partition coefficient (Wildman–Crippen LogP) is 1.50. The summed E-state index contributed by atoms with van der Waals surface area (Å²) in [6.07, 6.45) is 0.448. The van der Waals surface area contributed by atoms with Gasteiger partial charge in [0.1, 0.15) is 5.82 Å². The van der Waals surface area contributed by atoms with Crippen LogP contribution in [0.5, 0.6) is 0 Å². The number of benzene rings is 1. The van der Waals surface area contributed by atoms with Gasteiger partial charge in [-0.1, -0.05) is 0 Å². The normalized spacial score (nSPS) is 10.1. The molecule has 0 aliphatic carbocycles. The van der Waals surface area contributed by atoms with Crippen LogP contribution in [0.2, 0.25) is 0 Å². The highest BCUT2D eigenvalue weighted by Gasteiger charge is 2.09. The third kappa shape index (κ3) is 2.50. The van der Waals surface area contributed by atoms with Crippen molar-refractivity contribution in [1.82, 2.24) is 5.32 Å². The molecule has 0 aliphatic rings. The highest BCUT2D eigenvalue weighted by molar-refractivity contribution is 5.35. The van der Waals surface area contributed by atoms with E-state index in [4.69, 9.17) is 0 Å². The average Bonchev–Trinajstić information content (AvgIpc) is 2.16. The Morgan fingerprint density at radius 1 is 1.57 bits per heavy atom. The Labute approximate surface area is 80.9 Å². The third-order valence-electron chi connectivity index (χ3n) is 1.88. The molecule has 0 bridgehead atoms. The van der Waals surface area contributed by atoms with Crippen LogP contribution < -0.4 is 5.32 Å². The minimum absolute atomic E-state index is 0.0718. The summed E-state index contributed by atoms with van der Waals surface area (Å²) in [5, 5.41) is 13.3. The molecule has 0 atom stereocenters. The lowest BCUT2D eigenvalue weighted by Crippen LogP contribution is -2.11. The lowest BCUT2D eigenvalue weighted by atomic mass is 10.1. The fourth-order valence-electron chi connectivity index (χ4n) is 1.13. The first-order valence-corrected chi connectivity index (χ1v) is 4.22. The molecule has 0 unspecified atom stereocenters. The summed E-state index contributed by atoms with van der Waals surface area (Å²) in [4.78, 5) is 9.88. The molecule has 14 heavy (non-hydrogen) atoms. The number of hydrogen-bond donors (Lipinski definition) is 1. The third-order valence-corrected chi connectivity index (χ3v) is 1.88. The SMILES string of the molecule is CNCCc1cc([N+](=O)[O-])ccc1F. The summed E-state index contributed by atoms with van der Waals surface area (Å²) in [5.74, 6) is -0.397. The van der Waals surface area contributed by atoms with Gasteiger partial charge in [0.2, 0.25) is 0 Å². The Bertz CT molecular complexity index is 342. The molecule has 0 spiro atoms. The number of likely N-dealkylation sites (N-methyl/N-ethyl adjacent to an activating group) is 1. The molecule has 0 fully saturated rings. The zero-order chi connectivity index (χ0) is 10.6. The quantitative estimate of drug-likeness (QED) is 0.589. The zero-order valence-electron chi connectivity index (χ0n) is 7.79. The fraction of sp³-hybridized carbons (Fsp3) is 0.333. The molecule has 1 rings (SSSR count). The van der Waals surface area contributed by atoms with E-state index in [0.29, 0.717) is 18.5 Å². The number of nitrogens with zero attached hydrogens (tertiary/aromatic N) is 1. The van der Waals surface area contributed by atoms with E-state index < -0.39 is 10.7 Å². The van der Waals surface area contributed by atoms with E-state index in [-0.39, 0.29) is 5.69 Å². The number of non-ortho nitro benzene ring substituents is 1. The first kappa shape index (κ1) is 10.6. The molecular formula is C9H11FN2O2. The smallest absolute Gasteiger partial charge is 0.269 e. The van der Waals surface area contributed by atoms with Gasteiger partial charge in [0, 0.05) is 12.1 Å². The summed E-state index contributed by atoms with van der Waals surface area (Å²) in [6.45, 7) is 0.595. The van der Waals surface area contributed by atoms with Crippen LogP contribution in [0, 0.1) is 15.9 Å². The monoisotopic (exact) mass is 198 g/mol. The maximum atomic E-state index is 13.1. The van der Waals surface area contributed by atoms with Gasteiger partial charge in [-0.05, 0) is 31.6 Å². The number of hydrogen-bond acceptors (Lipinski definition) is 3. The molecule has 0 saturated carbocycles. The molecule has 0 aromatic heterocycles. The fourth-order valence-corrected chi connectivity index (χ4v) is 1.13. The minimum Gasteiger partial charge on any atom is -0.319 e. The summed E-state index contributed by atoms with van der Waals surface area (Å²) >= 11 is 0. The molecule has 4 nitrogen and oxygen atoms in total. The molecule has 0 amide bonds. The maximum Gasteiger partial charge on any atom is 0.269 e. The number of nitro groups is 1. The van der Waals surface area contributed by atoms with Crippen LogP contribution in [0.1, 0.15) is 5.56 Å². The van der Waals surface area contributed by atoms with Crippen molar-refractivity contribution in [1.29, 1.82) is 0 Å². The highest BCUT2D eigenvalue weighted by Crippen LogP contribution is 2.16. The first-order chi connectivity index (χ1) is 6.65. The topological polar surface area (TPSA) is 55.2 Å². The van der Waals surface area contributed by atoms with Gasteiger partial charge in [0.25, 0.3) is 5.69 Å². The number of halogens is 1. The Morgan fingerprint density at radius 3 is 2.86 bits per heavy atom. The first-order valence-electron chi connectivity index (χ1n) is 4.22. The van der Waals surface area contributed by atoms with E-state index in [1.54, 1.807) is 7.05 Å². The Balaban J connectivity index is 2.90. The van der Waals surface area contributed by atoms with Gasteiger partial charge in [-0.3, -0.25) is 10.1 Å². The summed E-state index contributed by atoms with van der Waals surface area (Å²) in [7, 11) is 1.75. The van der Waals surface area contributed by atoms with Gasteiger partial charge < -0.3 is 5.32 Å². The van der Waals surface area contributed by atoms with Crippen molar-refractivity contribution in [3.05, 3.63) is 39.7 Å². The van der Waals surface area contributed by atoms with Crippen molar-refractivity contribution >= 4 is 5.69 Å². The molecule has 1 aromatic rings. The van der Waals surface area contributed by atoms with E-state index in [9.17, 15) is 14.5 Å². The average molecular weight is 198 g/mol. The molecule has 0 heterocycles. The van der Waals surface area contributed by atoms with E-state index in [1.807, 2.05) is 0 Å². The van der Waals surface area contributed by atoms with Crippen molar-refractivity contribution in [2.75, 3.05) is 13.6 Å². The summed E-state index contributed by atoms with van der Waals surface area (Å²) in [5.41, 5.74) is 0.297. The van der Waals surface area contributed by atoms with Crippen molar-refractivity contribution in [2.24, 2.45) is 0 Å². The Hall–Kier alpha value is -1.49. The van der Waals surface area contributed by atoms with Crippen LogP contribution in [0.25, 0.3) is 0 Å². The molecule has 1 N–H and O–H groups in total. The van der Waals surface area contributed by atoms with Gasteiger partial charge in [0.05, 0.1) is 4.92 Å². The predicted molar refractivity (Wildman–Crippen MR) is 50.7 cm³/mol. The van der Waals surface area contributed by atoms with Gasteiger partial charge in [0.15, 0.2) is 0 Å². The lowest BCUT2D eigenvalue weighted by Gasteiger charge is -2.02. The van der Waals surface area contributed by atoms with Crippen LogP contribution in [0.15, 0.2) is 18.2 Å². The second kappa shape index (κ2) is 4.66. The highest BCUT2D eigenvalue weighted by atomic mass is 19.1. The molecule has 0 saturated heterocycles. The van der Waals surface area contributed by atoms with Crippen LogP contribution >= 0.6 is 0 Å². The van der Waals surface area contributed by atoms with Crippen molar-refractivity contribution in [3.8, 4) is 0 Å². The Kier molecular flexibility index (Phi) is 3.53. The summed E-state index contributed by atoms with van der Waals surface area (Å²) < 4.78 is 13.1. The van der Waals surface area contributed by atoms with Gasteiger partial charge in [-0.2, -0.15) is 0 Å². The van der Waals surface area contributed by atoms with Crippen LogP contribution in [-0.4, -0.2) is 18.5 Å². The second-order valence-electron chi connectivity index (χ2n) is 2.89. The van der Waals surface area contributed by atoms with E-state index in [0.717, 1.165) is 12.1 Å². The van der Waals surface area contributed by atoms with E-state index >= 15 is 0 Å². The van der Waals surface area contributed by atoms with Crippen molar-refractivity contribution < 1.29 is 9.31 Å². The maximum absolute atomic E-state index is 13.1. The van der Waals surface area contributed by atoms with Crippen LogP contribution in [0.4, 0.5) is 10.1 Å². The zero-order valence-corrected chi connectivity index (χ0v) is 7.79. The molecule has 0 radical (unpaired) electrons. The molecule has 0 aliphatic heterocycles. The number of rotatable bonds is 4. The van der Waals surface area contributed by atoms with Crippen LogP contribution in [0.3, 0.4) is 0 Å². The lowest BCUT2D eigenvalue weighted by molar-refractivity contribution is -0.385. The van der Waals surface area contributed by atoms with Crippen molar-refractivity contribution in [3.63, 3.8) is 0 Å². The molecule has 76 valence electrons. The number of nitro benzene ring substituents is 1. The standard InChI is InChI=1S/C9H11FN2O2/c1-11-5-4-7-6-8(12(13)14)2-3-9(7)10/h2-3,6,11H,4-5H2,1H3. The minimum atomic E-state index is -0.525. The second-order valence-corrected chi connectivity index (χ2v) is 2.89. The van der Waals surface area contributed by atoms with Gasteiger partial charge >= 0.3 is 0 Å². The molecular weight excluding hydrogens is 187 g/mol. The van der Waals surface area contributed by atoms with E-state index in [1.165, 1.54) is 6.07 Å². The van der Waals surface area contributed by atoms with Crippen molar-refractivity contribution in [2.45, 2.75) is 6.42 Å². The van der Waals surface area contributed by atoms with Gasteiger partial charge in [-0.25, -0.2) is 4.39 Å². The summed E-state index contributed by atoms with van der Waals surface area (Å²) in [6, 6.07) is 3.56. The van der Waals surface area contributed by atoms with Crippen LogP contribution in [-0.2, 0) is 6.42 Å². The molecule has 1 aromatic carbocycles. The Morgan fingerprint density at radius 2 is 2.29 bits per heavy atom. The van der Waals surface area contributed by atoms with Gasteiger partial charge in [-0.15, -0.1) is 0 Å². The number of nitrogens with one attached hydrogen (secondary N) is 1. The van der Waals surface area contributed by atoms with E-state index in [2.05, 4.69) is 5.32 Å². The largest absolute Gasteiger partial charge is 0.319 e. The molecule has 5 heteroatoms.